The van der Waals surface area contributed by atoms with E-state index < -0.39 is 38.6 Å². The van der Waals surface area contributed by atoms with Crippen molar-refractivity contribution in [3.63, 3.8) is 0 Å². The summed E-state index contributed by atoms with van der Waals surface area (Å²) in [5, 5.41) is 8.94. The maximum atomic E-state index is 12.6. The quantitative estimate of drug-likeness (QED) is 0.621. The molecule has 0 saturated carbocycles. The fourth-order valence-corrected chi connectivity index (χ4v) is 6.02. The fraction of sp³-hybridized carbons (Fsp3) is 0.900. The molecule has 21 heavy (non-hydrogen) atoms. The Morgan fingerprint density at radius 2 is 1.95 bits per heavy atom. The van der Waals surface area contributed by atoms with Crippen molar-refractivity contribution >= 4 is 26.0 Å². The van der Waals surface area contributed by atoms with Crippen molar-refractivity contribution in [1.82, 2.24) is 8.61 Å². The van der Waals surface area contributed by atoms with Gasteiger partial charge in [-0.25, -0.2) is 8.42 Å². The lowest BCUT2D eigenvalue weighted by Crippen LogP contribution is -2.53. The summed E-state index contributed by atoms with van der Waals surface area (Å²) in [5.74, 6) is -1.76. The number of rotatable bonds is 5. The average Bonchev–Trinajstić information content (AvgIpc) is 2.76. The second-order valence-electron chi connectivity index (χ2n) is 5.02. The van der Waals surface area contributed by atoms with Crippen LogP contribution in [0.2, 0.25) is 0 Å². The molecule has 0 aromatic heterocycles. The third-order valence-electron chi connectivity index (χ3n) is 3.50. The van der Waals surface area contributed by atoms with Crippen LogP contribution in [0.15, 0.2) is 0 Å². The molecular weight excluding hydrogens is 324 g/mol. The number of sulfone groups is 1. The first-order chi connectivity index (χ1) is 9.72. The van der Waals surface area contributed by atoms with Crippen molar-refractivity contribution in [3.05, 3.63) is 0 Å². The first-order valence-electron chi connectivity index (χ1n) is 6.49. The van der Waals surface area contributed by atoms with Gasteiger partial charge in [0.25, 0.3) is 10.2 Å². The smallest absolute Gasteiger partial charge is 0.318 e. The summed E-state index contributed by atoms with van der Waals surface area (Å²) in [4.78, 5) is 11.0. The minimum atomic E-state index is -4.01. The average molecular weight is 342 g/mol. The fourth-order valence-electron chi connectivity index (χ4n) is 2.46. The highest BCUT2D eigenvalue weighted by Gasteiger charge is 2.41. The zero-order valence-corrected chi connectivity index (χ0v) is 13.0. The van der Waals surface area contributed by atoms with Crippen molar-refractivity contribution < 1.29 is 31.5 Å². The lowest BCUT2D eigenvalue weighted by atomic mass is 10.2. The van der Waals surface area contributed by atoms with Crippen LogP contribution in [0.25, 0.3) is 0 Å². The zero-order valence-electron chi connectivity index (χ0n) is 11.3. The molecule has 122 valence electrons. The van der Waals surface area contributed by atoms with Gasteiger partial charge in [0.1, 0.15) is 6.54 Å². The number of carboxylic acids is 1. The molecule has 0 aromatic rings. The van der Waals surface area contributed by atoms with Crippen molar-refractivity contribution in [2.24, 2.45) is 0 Å². The summed E-state index contributed by atoms with van der Waals surface area (Å²) in [7, 11) is -7.32. The van der Waals surface area contributed by atoms with E-state index in [4.69, 9.17) is 9.84 Å². The Hall–Kier alpha value is -0.750. The van der Waals surface area contributed by atoms with Crippen LogP contribution < -0.4 is 0 Å². The van der Waals surface area contributed by atoms with E-state index in [-0.39, 0.29) is 44.2 Å². The number of hydrogen-bond donors (Lipinski definition) is 1. The first-order valence-corrected chi connectivity index (χ1v) is 9.71. The predicted molar refractivity (Wildman–Crippen MR) is 72.7 cm³/mol. The van der Waals surface area contributed by atoms with E-state index in [0.29, 0.717) is 0 Å². The third-order valence-corrected chi connectivity index (χ3v) is 7.29. The molecule has 2 saturated heterocycles. The number of aliphatic carboxylic acids is 1. The van der Waals surface area contributed by atoms with Gasteiger partial charge in [-0.2, -0.15) is 17.0 Å². The molecule has 0 radical (unpaired) electrons. The van der Waals surface area contributed by atoms with Crippen molar-refractivity contribution in [2.45, 2.75) is 12.5 Å². The van der Waals surface area contributed by atoms with Crippen LogP contribution in [0.4, 0.5) is 0 Å². The van der Waals surface area contributed by atoms with E-state index in [2.05, 4.69) is 0 Å². The molecular formula is C10H18N2O7S2. The summed E-state index contributed by atoms with van der Waals surface area (Å²) in [6, 6.07) is -0.820. The highest BCUT2D eigenvalue weighted by atomic mass is 32.2. The summed E-state index contributed by atoms with van der Waals surface area (Å²) in [6.07, 6.45) is 0.124. The summed E-state index contributed by atoms with van der Waals surface area (Å²) in [5.41, 5.74) is 0. The molecule has 1 N–H and O–H groups in total. The van der Waals surface area contributed by atoms with Gasteiger partial charge in [-0.05, 0) is 6.42 Å². The molecule has 11 heteroatoms. The highest BCUT2D eigenvalue weighted by Crippen LogP contribution is 2.23. The first kappa shape index (κ1) is 16.6. The van der Waals surface area contributed by atoms with E-state index in [1.165, 1.54) is 0 Å². The number of carbonyl (C=O) groups is 1. The van der Waals surface area contributed by atoms with Crippen LogP contribution in [0.1, 0.15) is 6.42 Å². The number of ether oxygens (including phenoxy) is 1. The maximum Gasteiger partial charge on any atom is 0.318 e. The monoisotopic (exact) mass is 342 g/mol. The van der Waals surface area contributed by atoms with E-state index in [0.717, 1.165) is 8.61 Å². The van der Waals surface area contributed by atoms with Gasteiger partial charge in [0.2, 0.25) is 0 Å². The summed E-state index contributed by atoms with van der Waals surface area (Å²) in [6.45, 7) is 0.0158. The molecule has 1 atom stereocenters. The van der Waals surface area contributed by atoms with E-state index in [1.54, 1.807) is 0 Å². The Labute approximate surface area is 123 Å². The Morgan fingerprint density at radius 1 is 1.33 bits per heavy atom. The van der Waals surface area contributed by atoms with Crippen LogP contribution >= 0.6 is 0 Å². The largest absolute Gasteiger partial charge is 0.480 e. The molecule has 0 aromatic carbocycles. The van der Waals surface area contributed by atoms with Gasteiger partial charge < -0.3 is 9.84 Å². The molecule has 2 rings (SSSR count). The Kier molecular flexibility index (Phi) is 4.88. The topological polar surface area (TPSA) is 121 Å². The minimum Gasteiger partial charge on any atom is -0.480 e. The molecule has 0 amide bonds. The van der Waals surface area contributed by atoms with Gasteiger partial charge in [0.15, 0.2) is 9.84 Å². The zero-order chi connectivity index (χ0) is 15.7. The van der Waals surface area contributed by atoms with Gasteiger partial charge in [-0.3, -0.25) is 4.79 Å². The standard InChI is InChI=1S/C10H18N2O7S2/c13-10(14)7-12(9-1-6-20(15,16)8-9)21(17,18)11-2-4-19-5-3-11/h9H,1-8H2,(H,13,14). The maximum absolute atomic E-state index is 12.6. The van der Waals surface area contributed by atoms with E-state index in [1.807, 2.05) is 0 Å². The minimum absolute atomic E-state index is 0.119. The Balaban J connectivity index is 2.24. The van der Waals surface area contributed by atoms with Crippen LogP contribution in [0.3, 0.4) is 0 Å². The van der Waals surface area contributed by atoms with Gasteiger partial charge >= 0.3 is 5.97 Å². The van der Waals surface area contributed by atoms with Crippen molar-refractivity contribution in [2.75, 3.05) is 44.4 Å². The molecule has 2 aliphatic rings. The van der Waals surface area contributed by atoms with E-state index >= 15 is 0 Å². The third kappa shape index (κ3) is 3.92. The van der Waals surface area contributed by atoms with Crippen molar-refractivity contribution in [3.8, 4) is 0 Å². The molecule has 9 nitrogen and oxygen atoms in total. The SMILES string of the molecule is O=C(O)CN(C1CCS(=O)(=O)C1)S(=O)(=O)N1CCOCC1. The Bertz CT molecular complexity index is 595. The number of carboxylic acid groups (broad SMARTS) is 1. The van der Waals surface area contributed by atoms with Gasteiger partial charge in [0, 0.05) is 19.1 Å². The number of nitrogens with zero attached hydrogens (tertiary/aromatic N) is 2. The molecule has 1 unspecified atom stereocenters. The molecule has 2 aliphatic heterocycles. The highest BCUT2D eigenvalue weighted by molar-refractivity contribution is 7.91. The van der Waals surface area contributed by atoms with Crippen LogP contribution in [-0.2, 0) is 29.6 Å². The van der Waals surface area contributed by atoms with Crippen LogP contribution in [-0.4, -0.2) is 86.9 Å². The molecule has 0 aliphatic carbocycles. The molecule has 0 spiro atoms. The molecule has 2 fully saturated rings. The van der Waals surface area contributed by atoms with E-state index in [9.17, 15) is 21.6 Å². The lowest BCUT2D eigenvalue weighted by molar-refractivity contribution is -0.137. The van der Waals surface area contributed by atoms with Gasteiger partial charge in [-0.15, -0.1) is 0 Å². The summed E-state index contributed by atoms with van der Waals surface area (Å²) >= 11 is 0. The predicted octanol–water partition coefficient (Wildman–Crippen LogP) is -1.86. The Morgan fingerprint density at radius 3 is 2.43 bits per heavy atom. The lowest BCUT2D eigenvalue weighted by Gasteiger charge is -2.33. The number of morpholine rings is 1. The number of hydrogen-bond acceptors (Lipinski definition) is 6. The van der Waals surface area contributed by atoms with Gasteiger partial charge in [0.05, 0.1) is 24.7 Å². The summed E-state index contributed by atoms with van der Waals surface area (Å²) < 4.78 is 55.2. The van der Waals surface area contributed by atoms with Crippen LogP contribution in [0, 0.1) is 0 Å². The van der Waals surface area contributed by atoms with Crippen LogP contribution in [0.5, 0.6) is 0 Å². The normalized spacial score (nSPS) is 27.0. The van der Waals surface area contributed by atoms with Crippen molar-refractivity contribution in [1.29, 1.82) is 0 Å². The molecule has 2 heterocycles. The molecule has 0 bridgehead atoms. The second-order valence-corrected chi connectivity index (χ2v) is 9.12. The second kappa shape index (κ2) is 6.16. The van der Waals surface area contributed by atoms with Gasteiger partial charge in [-0.1, -0.05) is 0 Å².